The van der Waals surface area contributed by atoms with E-state index < -0.39 is 0 Å². The van der Waals surface area contributed by atoms with Gasteiger partial charge in [-0.2, -0.15) is 0 Å². The van der Waals surface area contributed by atoms with Crippen LogP contribution >= 0.6 is 15.9 Å². The Hall–Kier alpha value is -0.610. The number of fused-ring (bicyclic) bond motifs is 3. The summed E-state index contributed by atoms with van der Waals surface area (Å²) in [7, 11) is 0. The largest absolute Gasteiger partial charge is 0.366 e. The van der Waals surface area contributed by atoms with Crippen molar-refractivity contribution >= 4 is 21.7 Å². The molecule has 3 fully saturated rings. The van der Waals surface area contributed by atoms with Crippen LogP contribution in [0.15, 0.2) is 16.6 Å². The van der Waals surface area contributed by atoms with Crippen LogP contribution in [0.1, 0.15) is 18.5 Å². The minimum Gasteiger partial charge on any atom is -0.366 e. The van der Waals surface area contributed by atoms with Crippen LogP contribution in [-0.4, -0.2) is 35.6 Å². The van der Waals surface area contributed by atoms with E-state index in [1.165, 1.54) is 32.5 Å². The third kappa shape index (κ3) is 2.33. The van der Waals surface area contributed by atoms with Gasteiger partial charge in [-0.3, -0.25) is 0 Å². The number of nitrogens with one attached hydrogen (secondary N) is 1. The van der Waals surface area contributed by atoms with E-state index in [0.29, 0.717) is 6.04 Å². The fraction of sp³-hybridized carbons (Fsp3) is 0.615. The third-order valence-electron chi connectivity index (χ3n) is 4.01. The van der Waals surface area contributed by atoms with Gasteiger partial charge in [0.25, 0.3) is 0 Å². The van der Waals surface area contributed by atoms with Gasteiger partial charge in [-0.1, -0.05) is 0 Å². The number of aryl methyl sites for hydroxylation is 1. The van der Waals surface area contributed by atoms with E-state index >= 15 is 0 Å². The molecule has 4 heteroatoms. The second kappa shape index (κ2) is 4.58. The van der Waals surface area contributed by atoms with Crippen molar-refractivity contribution in [2.24, 2.45) is 5.92 Å². The van der Waals surface area contributed by atoms with Crippen molar-refractivity contribution in [3.8, 4) is 0 Å². The molecule has 92 valence electrons. The molecule has 0 amide bonds. The van der Waals surface area contributed by atoms with E-state index in [0.717, 1.165) is 21.9 Å². The maximum atomic E-state index is 4.57. The summed E-state index contributed by atoms with van der Waals surface area (Å²) in [6.07, 6.45) is 2.68. The van der Waals surface area contributed by atoms with E-state index in [1.807, 2.05) is 6.92 Å². The van der Waals surface area contributed by atoms with E-state index in [-0.39, 0.29) is 0 Å². The van der Waals surface area contributed by atoms with Gasteiger partial charge in [-0.05, 0) is 66.8 Å². The lowest BCUT2D eigenvalue weighted by Crippen LogP contribution is -2.53. The average Bonchev–Trinajstić information content (AvgIpc) is 2.35. The molecule has 3 nitrogen and oxygen atoms in total. The first-order chi connectivity index (χ1) is 8.22. The Bertz CT molecular complexity index is 413. The monoisotopic (exact) mass is 295 g/mol. The second-order valence-electron chi connectivity index (χ2n) is 5.15. The van der Waals surface area contributed by atoms with Gasteiger partial charge < -0.3 is 10.2 Å². The second-order valence-corrected chi connectivity index (χ2v) is 6.01. The minimum atomic E-state index is 0.588. The van der Waals surface area contributed by atoms with Crippen molar-refractivity contribution in [3.05, 3.63) is 22.3 Å². The fourth-order valence-corrected chi connectivity index (χ4v) is 3.16. The summed E-state index contributed by atoms with van der Waals surface area (Å²) in [5, 5.41) is 3.61. The lowest BCUT2D eigenvalue weighted by molar-refractivity contribution is 0.0974. The van der Waals surface area contributed by atoms with Crippen molar-refractivity contribution in [2.75, 3.05) is 25.0 Å². The molecule has 3 aliphatic rings. The predicted molar refractivity (Wildman–Crippen MR) is 73.2 cm³/mol. The molecule has 0 aliphatic carbocycles. The van der Waals surface area contributed by atoms with Crippen LogP contribution in [-0.2, 0) is 0 Å². The molecular weight excluding hydrogens is 278 g/mol. The fourth-order valence-electron chi connectivity index (χ4n) is 2.94. The molecule has 0 saturated carbocycles. The molecule has 0 radical (unpaired) electrons. The summed E-state index contributed by atoms with van der Waals surface area (Å²) in [4.78, 5) is 7.13. The van der Waals surface area contributed by atoms with E-state index in [4.69, 9.17) is 0 Å². The number of anilines is 1. The standard InChI is InChI=1S/C13H18BrN3/c1-9-11(14)2-3-13(15-9)16-12-8-17-6-4-10(12)5-7-17/h2-3,10,12H,4-8H2,1H3,(H,15,16). The van der Waals surface area contributed by atoms with Crippen molar-refractivity contribution < 1.29 is 0 Å². The highest BCUT2D eigenvalue weighted by Crippen LogP contribution is 2.29. The molecule has 1 atom stereocenters. The van der Waals surface area contributed by atoms with Crippen molar-refractivity contribution in [2.45, 2.75) is 25.8 Å². The van der Waals surface area contributed by atoms with Gasteiger partial charge in [-0.15, -0.1) is 0 Å². The van der Waals surface area contributed by atoms with Gasteiger partial charge in [0, 0.05) is 17.1 Å². The Morgan fingerprint density at radius 1 is 1.35 bits per heavy atom. The van der Waals surface area contributed by atoms with Crippen LogP contribution in [0.4, 0.5) is 5.82 Å². The molecule has 2 bridgehead atoms. The smallest absolute Gasteiger partial charge is 0.126 e. The van der Waals surface area contributed by atoms with Crippen molar-refractivity contribution in [3.63, 3.8) is 0 Å². The Morgan fingerprint density at radius 2 is 2.12 bits per heavy atom. The molecule has 1 N–H and O–H groups in total. The summed E-state index contributed by atoms with van der Waals surface area (Å²) < 4.78 is 1.08. The summed E-state index contributed by atoms with van der Waals surface area (Å²) in [6.45, 7) is 5.79. The zero-order valence-corrected chi connectivity index (χ0v) is 11.7. The van der Waals surface area contributed by atoms with Gasteiger partial charge in [0.2, 0.25) is 0 Å². The number of halogens is 1. The zero-order chi connectivity index (χ0) is 11.8. The molecule has 3 aliphatic heterocycles. The number of hydrogen-bond donors (Lipinski definition) is 1. The van der Waals surface area contributed by atoms with Gasteiger partial charge in [-0.25, -0.2) is 4.98 Å². The number of aromatic nitrogens is 1. The number of pyridine rings is 1. The molecule has 4 rings (SSSR count). The first-order valence-corrected chi connectivity index (χ1v) is 7.14. The van der Waals surface area contributed by atoms with Gasteiger partial charge in [0.1, 0.15) is 5.82 Å². The normalized spacial score (nSPS) is 31.5. The van der Waals surface area contributed by atoms with Crippen LogP contribution in [0.3, 0.4) is 0 Å². The van der Waals surface area contributed by atoms with Gasteiger partial charge >= 0.3 is 0 Å². The molecule has 1 aromatic rings. The highest BCUT2D eigenvalue weighted by molar-refractivity contribution is 9.10. The summed E-state index contributed by atoms with van der Waals surface area (Å²) in [5.41, 5.74) is 1.05. The molecular formula is C13H18BrN3. The molecule has 1 aromatic heterocycles. The van der Waals surface area contributed by atoms with E-state index in [9.17, 15) is 0 Å². The van der Waals surface area contributed by atoms with Crippen LogP contribution < -0.4 is 5.32 Å². The topological polar surface area (TPSA) is 28.2 Å². The summed E-state index contributed by atoms with van der Waals surface area (Å²) in [5.74, 6) is 1.86. The molecule has 17 heavy (non-hydrogen) atoms. The van der Waals surface area contributed by atoms with Crippen LogP contribution in [0.5, 0.6) is 0 Å². The summed E-state index contributed by atoms with van der Waals surface area (Å²) in [6, 6.07) is 4.73. The average molecular weight is 296 g/mol. The van der Waals surface area contributed by atoms with E-state index in [2.05, 4.69) is 43.3 Å². The molecule has 0 aromatic carbocycles. The zero-order valence-electron chi connectivity index (χ0n) is 10.1. The highest BCUT2D eigenvalue weighted by atomic mass is 79.9. The Kier molecular flexibility index (Phi) is 3.09. The van der Waals surface area contributed by atoms with Crippen LogP contribution in [0.25, 0.3) is 0 Å². The number of piperidine rings is 3. The van der Waals surface area contributed by atoms with Crippen LogP contribution in [0, 0.1) is 12.8 Å². The Morgan fingerprint density at radius 3 is 2.71 bits per heavy atom. The maximum Gasteiger partial charge on any atom is 0.126 e. The molecule has 1 unspecified atom stereocenters. The van der Waals surface area contributed by atoms with Gasteiger partial charge in [0.05, 0.1) is 5.69 Å². The first kappa shape index (κ1) is 11.5. The Labute approximate surface area is 111 Å². The quantitative estimate of drug-likeness (QED) is 0.909. The van der Waals surface area contributed by atoms with Crippen molar-refractivity contribution in [1.29, 1.82) is 0 Å². The Balaban J connectivity index is 1.72. The molecule has 4 heterocycles. The molecule has 3 saturated heterocycles. The third-order valence-corrected chi connectivity index (χ3v) is 4.85. The van der Waals surface area contributed by atoms with Crippen LogP contribution in [0.2, 0.25) is 0 Å². The first-order valence-electron chi connectivity index (χ1n) is 6.34. The van der Waals surface area contributed by atoms with Crippen molar-refractivity contribution in [1.82, 2.24) is 9.88 Å². The predicted octanol–water partition coefficient (Wildman–Crippen LogP) is 2.66. The number of hydrogen-bond acceptors (Lipinski definition) is 3. The van der Waals surface area contributed by atoms with Gasteiger partial charge in [0.15, 0.2) is 0 Å². The molecule has 0 spiro atoms. The number of nitrogens with zero attached hydrogens (tertiary/aromatic N) is 2. The maximum absolute atomic E-state index is 4.57. The summed E-state index contributed by atoms with van der Waals surface area (Å²) >= 11 is 3.49. The number of rotatable bonds is 2. The SMILES string of the molecule is Cc1nc(NC2CN3CCC2CC3)ccc1Br. The van der Waals surface area contributed by atoms with E-state index in [1.54, 1.807) is 0 Å². The lowest BCUT2D eigenvalue weighted by Gasteiger charge is -2.45. The lowest BCUT2D eigenvalue weighted by atomic mass is 9.84. The highest BCUT2D eigenvalue weighted by Gasteiger charge is 2.34. The minimum absolute atomic E-state index is 0.588.